The van der Waals surface area contributed by atoms with Crippen molar-refractivity contribution < 1.29 is 4.79 Å². The van der Waals surface area contributed by atoms with Crippen LogP contribution in [0.4, 0.5) is 0 Å². The number of hydrogen-bond acceptors (Lipinski definition) is 4. The van der Waals surface area contributed by atoms with Gasteiger partial charge in [0.05, 0.1) is 6.04 Å². The molecule has 1 aliphatic carbocycles. The molecule has 0 radical (unpaired) electrons. The van der Waals surface area contributed by atoms with Gasteiger partial charge in [-0.2, -0.15) is 11.8 Å². The molecule has 0 aromatic rings. The van der Waals surface area contributed by atoms with Gasteiger partial charge < -0.3 is 15.5 Å². The summed E-state index contributed by atoms with van der Waals surface area (Å²) in [5.41, 5.74) is 6.05. The van der Waals surface area contributed by atoms with E-state index in [1.807, 2.05) is 4.90 Å². The number of hydrogen-bond donors (Lipinski definition) is 1. The highest BCUT2D eigenvalue weighted by Gasteiger charge is 2.24. The largest absolute Gasteiger partial charge is 0.340 e. The second kappa shape index (κ2) is 13.5. The number of thioether (sulfide) groups is 1. The first-order valence-electron chi connectivity index (χ1n) is 8.96. The Morgan fingerprint density at radius 3 is 2.46 bits per heavy atom. The molecule has 0 spiro atoms. The monoisotopic (exact) mass is 399 g/mol. The Morgan fingerprint density at radius 1 is 1.08 bits per heavy atom. The van der Waals surface area contributed by atoms with Gasteiger partial charge in [0.1, 0.15) is 0 Å². The second-order valence-corrected chi connectivity index (χ2v) is 7.86. The van der Waals surface area contributed by atoms with Crippen molar-refractivity contribution in [2.75, 3.05) is 44.7 Å². The van der Waals surface area contributed by atoms with Crippen LogP contribution in [0.25, 0.3) is 0 Å². The van der Waals surface area contributed by atoms with Crippen molar-refractivity contribution in [2.45, 2.75) is 51.0 Å². The van der Waals surface area contributed by atoms with Gasteiger partial charge in [-0.15, -0.1) is 24.8 Å². The van der Waals surface area contributed by atoms with E-state index in [-0.39, 0.29) is 36.8 Å². The van der Waals surface area contributed by atoms with Crippen LogP contribution in [0.3, 0.4) is 0 Å². The van der Waals surface area contributed by atoms with Crippen molar-refractivity contribution in [2.24, 2.45) is 11.7 Å². The maximum atomic E-state index is 12.4. The smallest absolute Gasteiger partial charge is 0.239 e. The third-order valence-corrected chi connectivity index (χ3v) is 5.74. The summed E-state index contributed by atoms with van der Waals surface area (Å²) in [7, 11) is 0. The van der Waals surface area contributed by atoms with Crippen molar-refractivity contribution in [3.8, 4) is 0 Å². The number of nitrogens with two attached hydrogens (primary N) is 1. The minimum Gasteiger partial charge on any atom is -0.340 e. The van der Waals surface area contributed by atoms with Crippen molar-refractivity contribution in [3.63, 3.8) is 0 Å². The van der Waals surface area contributed by atoms with Crippen LogP contribution in [0, 0.1) is 5.92 Å². The summed E-state index contributed by atoms with van der Waals surface area (Å²) in [5.74, 6) is 2.02. The van der Waals surface area contributed by atoms with Gasteiger partial charge >= 0.3 is 0 Å². The van der Waals surface area contributed by atoms with Crippen LogP contribution in [-0.4, -0.2) is 66.5 Å². The molecule has 1 unspecified atom stereocenters. The lowest BCUT2D eigenvalue weighted by Gasteiger charge is -2.29. The van der Waals surface area contributed by atoms with Gasteiger partial charge in [0.25, 0.3) is 0 Å². The van der Waals surface area contributed by atoms with E-state index in [2.05, 4.69) is 11.2 Å². The topological polar surface area (TPSA) is 49.6 Å². The van der Waals surface area contributed by atoms with Gasteiger partial charge in [0, 0.05) is 26.2 Å². The zero-order valence-corrected chi connectivity index (χ0v) is 17.4. The lowest BCUT2D eigenvalue weighted by atomic mass is 9.89. The first-order chi connectivity index (χ1) is 10.7. The Hall–Kier alpha value is 0.320. The normalized spacial score (nSPS) is 21.3. The Morgan fingerprint density at radius 2 is 1.79 bits per heavy atom. The molecule has 144 valence electrons. The summed E-state index contributed by atoms with van der Waals surface area (Å²) in [4.78, 5) is 17.0. The lowest BCUT2D eigenvalue weighted by molar-refractivity contribution is -0.132. The average Bonchev–Trinajstić information content (AvgIpc) is 2.78. The molecule has 0 aromatic heterocycles. The van der Waals surface area contributed by atoms with E-state index in [1.54, 1.807) is 11.8 Å². The van der Waals surface area contributed by atoms with Gasteiger partial charge in [0.15, 0.2) is 0 Å². The molecule has 1 amide bonds. The molecular weight excluding hydrogens is 365 g/mol. The Labute approximate surface area is 164 Å². The predicted octanol–water partition coefficient (Wildman–Crippen LogP) is 3.03. The highest BCUT2D eigenvalue weighted by atomic mass is 35.5. The fourth-order valence-corrected chi connectivity index (χ4v) is 4.20. The molecule has 7 heteroatoms. The summed E-state index contributed by atoms with van der Waals surface area (Å²) in [5, 5.41) is 0. The van der Waals surface area contributed by atoms with Crippen LogP contribution >= 0.6 is 36.6 Å². The molecule has 1 heterocycles. The molecule has 0 bridgehead atoms. The van der Waals surface area contributed by atoms with Crippen LogP contribution in [-0.2, 0) is 4.79 Å². The van der Waals surface area contributed by atoms with Crippen molar-refractivity contribution in [3.05, 3.63) is 0 Å². The van der Waals surface area contributed by atoms with Crippen molar-refractivity contribution in [1.29, 1.82) is 0 Å². The van der Waals surface area contributed by atoms with E-state index in [0.29, 0.717) is 0 Å². The van der Waals surface area contributed by atoms with Crippen LogP contribution in [0.2, 0.25) is 0 Å². The fraction of sp³-hybridized carbons (Fsp3) is 0.941. The zero-order valence-electron chi connectivity index (χ0n) is 15.0. The average molecular weight is 400 g/mol. The Kier molecular flexibility index (Phi) is 13.7. The second-order valence-electron chi connectivity index (χ2n) is 6.87. The number of rotatable bonds is 6. The zero-order chi connectivity index (χ0) is 15.8. The number of halogens is 2. The van der Waals surface area contributed by atoms with Crippen LogP contribution in [0.15, 0.2) is 0 Å². The highest BCUT2D eigenvalue weighted by Crippen LogP contribution is 2.24. The molecule has 2 fully saturated rings. The number of nitrogens with zero attached hydrogens (tertiary/aromatic N) is 2. The number of amides is 1. The maximum Gasteiger partial charge on any atom is 0.239 e. The van der Waals surface area contributed by atoms with E-state index in [0.717, 1.165) is 50.7 Å². The molecule has 2 aliphatic rings. The summed E-state index contributed by atoms with van der Waals surface area (Å²) in [6.07, 6.45) is 11.0. The van der Waals surface area contributed by atoms with E-state index in [9.17, 15) is 4.79 Å². The minimum absolute atomic E-state index is 0. The first-order valence-corrected chi connectivity index (χ1v) is 10.4. The van der Waals surface area contributed by atoms with Gasteiger partial charge in [-0.1, -0.05) is 19.3 Å². The summed E-state index contributed by atoms with van der Waals surface area (Å²) in [6, 6.07) is -0.308. The third kappa shape index (κ3) is 8.13. The third-order valence-electron chi connectivity index (χ3n) is 5.09. The maximum absolute atomic E-state index is 12.4. The van der Waals surface area contributed by atoms with Crippen LogP contribution in [0.5, 0.6) is 0 Å². The van der Waals surface area contributed by atoms with Crippen LogP contribution < -0.4 is 5.73 Å². The molecule has 24 heavy (non-hydrogen) atoms. The van der Waals surface area contributed by atoms with Crippen molar-refractivity contribution in [1.82, 2.24) is 9.80 Å². The molecular formula is C17H35Cl2N3OS. The molecule has 0 aromatic carbocycles. The van der Waals surface area contributed by atoms with Gasteiger partial charge in [-0.25, -0.2) is 0 Å². The molecule has 1 atom stereocenters. The molecule has 1 saturated carbocycles. The van der Waals surface area contributed by atoms with E-state index in [4.69, 9.17) is 5.73 Å². The molecule has 1 aliphatic heterocycles. The SMILES string of the molecule is CSCCC(N)C(=O)N1CCCN(CC2CCCCC2)CC1.Cl.Cl. The number of carbonyl (C=O) groups is 1. The molecule has 4 nitrogen and oxygen atoms in total. The van der Waals surface area contributed by atoms with Crippen molar-refractivity contribution >= 4 is 42.5 Å². The van der Waals surface area contributed by atoms with Crippen LogP contribution in [0.1, 0.15) is 44.9 Å². The van der Waals surface area contributed by atoms with Gasteiger partial charge in [-0.3, -0.25) is 4.79 Å². The van der Waals surface area contributed by atoms with Gasteiger partial charge in [-0.05, 0) is 50.2 Å². The summed E-state index contributed by atoms with van der Waals surface area (Å²) < 4.78 is 0. The lowest BCUT2D eigenvalue weighted by Crippen LogP contribution is -2.45. The number of carbonyl (C=O) groups excluding carboxylic acids is 1. The highest BCUT2D eigenvalue weighted by molar-refractivity contribution is 7.98. The minimum atomic E-state index is -0.308. The quantitative estimate of drug-likeness (QED) is 0.745. The van der Waals surface area contributed by atoms with E-state index in [1.165, 1.54) is 38.6 Å². The standard InChI is InChI=1S/C17H33N3OS.2ClH/c1-22-13-8-16(18)17(21)20-10-5-9-19(11-12-20)14-15-6-3-2-4-7-15;;/h15-16H,2-14,18H2,1H3;2*1H. The molecule has 2 rings (SSSR count). The predicted molar refractivity (Wildman–Crippen MR) is 110 cm³/mol. The fourth-order valence-electron chi connectivity index (χ4n) is 3.71. The summed E-state index contributed by atoms with van der Waals surface area (Å²) in [6.45, 7) is 5.14. The molecule has 2 N–H and O–H groups in total. The molecule has 1 saturated heterocycles. The Balaban J connectivity index is 0.00000264. The first kappa shape index (κ1) is 24.3. The van der Waals surface area contributed by atoms with E-state index < -0.39 is 0 Å². The Bertz CT molecular complexity index is 344. The summed E-state index contributed by atoms with van der Waals surface area (Å²) >= 11 is 1.76. The van der Waals surface area contributed by atoms with Gasteiger partial charge in [0.2, 0.25) is 5.91 Å². The van der Waals surface area contributed by atoms with E-state index >= 15 is 0 Å².